The van der Waals surface area contributed by atoms with Crippen molar-refractivity contribution in [3.8, 4) is 0 Å². The minimum atomic E-state index is -0.236. The van der Waals surface area contributed by atoms with Gasteiger partial charge in [-0.15, -0.1) is 11.3 Å². The van der Waals surface area contributed by atoms with Crippen LogP contribution in [0.4, 0.5) is 0 Å². The van der Waals surface area contributed by atoms with Crippen LogP contribution < -0.4 is 0 Å². The Morgan fingerprint density at radius 3 is 2.60 bits per heavy atom. The predicted molar refractivity (Wildman–Crippen MR) is 68.3 cm³/mol. The lowest BCUT2D eigenvalue weighted by atomic mass is 9.85. The molecule has 0 radical (unpaired) electrons. The first-order chi connectivity index (χ1) is 7.18. The maximum absolute atomic E-state index is 10.3. The lowest BCUT2D eigenvalue weighted by Crippen LogP contribution is -2.14. The molecule has 1 aliphatic rings. The zero-order valence-corrected chi connectivity index (χ0v) is 11.4. The van der Waals surface area contributed by atoms with Crippen molar-refractivity contribution >= 4 is 27.3 Å². The summed E-state index contributed by atoms with van der Waals surface area (Å²) in [6.07, 6.45) is 6.06. The molecule has 1 N–H and O–H groups in total. The number of hydrogen-bond acceptors (Lipinski definition) is 2. The van der Waals surface area contributed by atoms with E-state index in [9.17, 15) is 5.11 Å². The summed E-state index contributed by atoms with van der Waals surface area (Å²) in [4.78, 5) is 1.13. The predicted octanol–water partition coefficient (Wildman–Crippen LogP) is 4.43. The first-order valence-corrected chi connectivity index (χ1v) is 7.23. The molecule has 0 aliphatic heterocycles. The van der Waals surface area contributed by atoms with Crippen molar-refractivity contribution < 1.29 is 5.11 Å². The molecule has 15 heavy (non-hydrogen) atoms. The average molecular weight is 289 g/mol. The Kier molecular flexibility index (Phi) is 3.86. The van der Waals surface area contributed by atoms with Gasteiger partial charge in [0, 0.05) is 4.88 Å². The third-order valence-corrected chi connectivity index (χ3v) is 5.47. The quantitative estimate of drug-likeness (QED) is 0.853. The van der Waals surface area contributed by atoms with Gasteiger partial charge in [0.15, 0.2) is 0 Å². The van der Waals surface area contributed by atoms with Gasteiger partial charge in [-0.05, 0) is 53.2 Å². The SMILES string of the molecule is Cc1cc(C(O)C2CCCCC2)sc1Br. The van der Waals surface area contributed by atoms with Crippen LogP contribution in [0, 0.1) is 12.8 Å². The van der Waals surface area contributed by atoms with Crippen LogP contribution in [0.1, 0.15) is 48.6 Å². The molecule has 84 valence electrons. The maximum atomic E-state index is 10.3. The molecule has 2 rings (SSSR count). The molecule has 0 spiro atoms. The molecule has 3 heteroatoms. The Bertz CT molecular complexity index is 309. The van der Waals surface area contributed by atoms with Gasteiger partial charge in [-0.3, -0.25) is 0 Å². The lowest BCUT2D eigenvalue weighted by molar-refractivity contribution is 0.0879. The maximum Gasteiger partial charge on any atom is 0.0910 e. The lowest BCUT2D eigenvalue weighted by Gasteiger charge is -2.25. The van der Waals surface area contributed by atoms with Crippen LogP contribution in [0.25, 0.3) is 0 Å². The molecule has 1 unspecified atom stereocenters. The molecule has 1 aliphatic carbocycles. The van der Waals surface area contributed by atoms with E-state index in [-0.39, 0.29) is 6.10 Å². The summed E-state index contributed by atoms with van der Waals surface area (Å²) < 4.78 is 1.16. The van der Waals surface area contributed by atoms with Gasteiger partial charge in [-0.1, -0.05) is 19.3 Å². The molecule has 0 bridgehead atoms. The third-order valence-electron chi connectivity index (χ3n) is 3.26. The second-order valence-corrected chi connectivity index (χ2v) is 6.85. The van der Waals surface area contributed by atoms with Gasteiger partial charge in [0.05, 0.1) is 9.89 Å². The first kappa shape index (κ1) is 11.6. The molecule has 1 nitrogen and oxygen atoms in total. The summed E-state index contributed by atoms with van der Waals surface area (Å²) >= 11 is 5.20. The van der Waals surface area contributed by atoms with Gasteiger partial charge in [0.25, 0.3) is 0 Å². The summed E-state index contributed by atoms with van der Waals surface area (Å²) in [6.45, 7) is 2.08. The Morgan fingerprint density at radius 2 is 2.07 bits per heavy atom. The normalized spacial score (nSPS) is 20.5. The number of halogens is 1. The van der Waals surface area contributed by atoms with E-state index in [2.05, 4.69) is 28.9 Å². The van der Waals surface area contributed by atoms with Crippen molar-refractivity contribution in [3.63, 3.8) is 0 Å². The molecule has 1 heterocycles. The molecule has 0 saturated heterocycles. The largest absolute Gasteiger partial charge is 0.387 e. The highest BCUT2D eigenvalue weighted by molar-refractivity contribution is 9.11. The van der Waals surface area contributed by atoms with E-state index in [4.69, 9.17) is 0 Å². The number of thiophene rings is 1. The molecule has 0 amide bonds. The molecule has 1 aromatic heterocycles. The second-order valence-electron chi connectivity index (χ2n) is 4.45. The van der Waals surface area contributed by atoms with Crippen LogP contribution >= 0.6 is 27.3 Å². The van der Waals surface area contributed by atoms with Gasteiger partial charge < -0.3 is 5.11 Å². The van der Waals surface area contributed by atoms with Crippen LogP contribution in [0.2, 0.25) is 0 Å². The number of aliphatic hydroxyl groups is 1. The molecule has 1 saturated carbocycles. The minimum Gasteiger partial charge on any atom is -0.387 e. The summed E-state index contributed by atoms with van der Waals surface area (Å²) in [6, 6.07) is 2.12. The number of aryl methyl sites for hydroxylation is 1. The Labute approximate surface area is 104 Å². The number of aliphatic hydroxyl groups excluding tert-OH is 1. The third kappa shape index (κ3) is 2.63. The molecule has 1 atom stereocenters. The van der Waals surface area contributed by atoms with E-state index in [1.807, 2.05) is 0 Å². The Balaban J connectivity index is 2.08. The van der Waals surface area contributed by atoms with Crippen LogP contribution in [0.3, 0.4) is 0 Å². The highest BCUT2D eigenvalue weighted by Gasteiger charge is 2.24. The Hall–Kier alpha value is 0.140. The summed E-state index contributed by atoms with van der Waals surface area (Å²) in [5, 5.41) is 10.3. The molecule has 0 aromatic carbocycles. The van der Waals surface area contributed by atoms with Gasteiger partial charge >= 0.3 is 0 Å². The van der Waals surface area contributed by atoms with E-state index in [0.717, 1.165) is 8.66 Å². The molecular weight excluding hydrogens is 272 g/mol. The molecule has 1 fully saturated rings. The van der Waals surface area contributed by atoms with Crippen molar-refractivity contribution in [1.82, 2.24) is 0 Å². The van der Waals surface area contributed by atoms with Gasteiger partial charge in [0.1, 0.15) is 0 Å². The standard InChI is InChI=1S/C12H17BrOS/c1-8-7-10(15-12(8)13)11(14)9-5-3-2-4-6-9/h7,9,11,14H,2-6H2,1H3. The van der Waals surface area contributed by atoms with Crippen LogP contribution in [0.5, 0.6) is 0 Å². The second kappa shape index (κ2) is 4.98. The minimum absolute atomic E-state index is 0.236. The van der Waals surface area contributed by atoms with Gasteiger partial charge in [-0.2, -0.15) is 0 Å². The molecule has 1 aromatic rings. The van der Waals surface area contributed by atoms with E-state index >= 15 is 0 Å². The monoisotopic (exact) mass is 288 g/mol. The molecular formula is C12H17BrOS. The van der Waals surface area contributed by atoms with Crippen molar-refractivity contribution in [1.29, 1.82) is 0 Å². The van der Waals surface area contributed by atoms with E-state index in [1.165, 1.54) is 37.7 Å². The highest BCUT2D eigenvalue weighted by atomic mass is 79.9. The van der Waals surface area contributed by atoms with E-state index in [1.54, 1.807) is 11.3 Å². The van der Waals surface area contributed by atoms with E-state index in [0.29, 0.717) is 5.92 Å². The van der Waals surface area contributed by atoms with Crippen LogP contribution in [-0.4, -0.2) is 5.11 Å². The van der Waals surface area contributed by atoms with Crippen molar-refractivity contribution in [2.24, 2.45) is 5.92 Å². The van der Waals surface area contributed by atoms with Gasteiger partial charge in [0.2, 0.25) is 0 Å². The Morgan fingerprint density at radius 1 is 1.40 bits per heavy atom. The summed E-state index contributed by atoms with van der Waals surface area (Å²) in [5.74, 6) is 0.490. The summed E-state index contributed by atoms with van der Waals surface area (Å²) in [7, 11) is 0. The summed E-state index contributed by atoms with van der Waals surface area (Å²) in [5.41, 5.74) is 1.24. The highest BCUT2D eigenvalue weighted by Crippen LogP contribution is 2.39. The van der Waals surface area contributed by atoms with Crippen LogP contribution in [-0.2, 0) is 0 Å². The van der Waals surface area contributed by atoms with Crippen LogP contribution in [0.15, 0.2) is 9.85 Å². The zero-order valence-electron chi connectivity index (χ0n) is 9.00. The van der Waals surface area contributed by atoms with Crippen molar-refractivity contribution in [2.75, 3.05) is 0 Å². The number of rotatable bonds is 2. The fourth-order valence-corrected chi connectivity index (χ4v) is 3.96. The van der Waals surface area contributed by atoms with Crippen molar-refractivity contribution in [3.05, 3.63) is 20.3 Å². The average Bonchev–Trinajstić information content (AvgIpc) is 2.59. The fraction of sp³-hybridized carbons (Fsp3) is 0.667. The first-order valence-electron chi connectivity index (χ1n) is 5.62. The topological polar surface area (TPSA) is 20.2 Å². The van der Waals surface area contributed by atoms with E-state index < -0.39 is 0 Å². The van der Waals surface area contributed by atoms with Gasteiger partial charge in [-0.25, -0.2) is 0 Å². The smallest absolute Gasteiger partial charge is 0.0910 e. The zero-order chi connectivity index (χ0) is 10.8. The fourth-order valence-electron chi connectivity index (χ4n) is 2.31. The van der Waals surface area contributed by atoms with Crippen molar-refractivity contribution in [2.45, 2.75) is 45.1 Å². The number of hydrogen-bond donors (Lipinski definition) is 1.